The molecule has 0 spiro atoms. The largest absolute Gasteiger partial charge is 0.349 e. The van der Waals surface area contributed by atoms with Gasteiger partial charge < -0.3 is 11.1 Å². The molecule has 0 atom stereocenters. The van der Waals surface area contributed by atoms with Gasteiger partial charge in [-0.05, 0) is 31.6 Å². The highest BCUT2D eigenvalue weighted by molar-refractivity contribution is 5.85. The van der Waals surface area contributed by atoms with Gasteiger partial charge in [0.2, 0.25) is 5.91 Å². The molecule has 19 heavy (non-hydrogen) atoms. The summed E-state index contributed by atoms with van der Waals surface area (Å²) in [7, 11) is 0. The van der Waals surface area contributed by atoms with Crippen LogP contribution in [0.25, 0.3) is 0 Å². The molecule has 3 nitrogen and oxygen atoms in total. The zero-order chi connectivity index (χ0) is 13.4. The van der Waals surface area contributed by atoms with Crippen LogP contribution < -0.4 is 11.1 Å². The molecule has 0 aromatic carbocycles. The van der Waals surface area contributed by atoms with Crippen molar-refractivity contribution >= 4 is 18.3 Å². The monoisotopic (exact) mass is 290 g/mol. The number of halogens is 1. The SMILES string of the molecule is CCC(CC)(CN)NC(=O)CC1CCCCCC1.Cl. The van der Waals surface area contributed by atoms with Gasteiger partial charge in [-0.15, -0.1) is 12.4 Å². The highest BCUT2D eigenvalue weighted by atomic mass is 35.5. The van der Waals surface area contributed by atoms with E-state index in [1.165, 1.54) is 38.5 Å². The molecule has 0 aromatic heterocycles. The second kappa shape index (κ2) is 9.60. The molecule has 1 rings (SSSR count). The Hall–Kier alpha value is -0.280. The number of carbonyl (C=O) groups excluding carboxylic acids is 1. The number of hydrogen-bond donors (Lipinski definition) is 2. The first-order valence-electron chi connectivity index (χ1n) is 7.67. The maximum atomic E-state index is 12.1. The fraction of sp³-hybridized carbons (Fsp3) is 0.933. The molecule has 0 aliphatic heterocycles. The van der Waals surface area contributed by atoms with E-state index in [2.05, 4.69) is 19.2 Å². The van der Waals surface area contributed by atoms with Crippen LogP contribution in [0.15, 0.2) is 0 Å². The Kier molecular flexibility index (Phi) is 9.46. The van der Waals surface area contributed by atoms with Gasteiger partial charge in [0.1, 0.15) is 0 Å². The minimum absolute atomic E-state index is 0. The topological polar surface area (TPSA) is 55.1 Å². The molecule has 114 valence electrons. The lowest BCUT2D eigenvalue weighted by atomic mass is 9.91. The fourth-order valence-electron chi connectivity index (χ4n) is 2.94. The lowest BCUT2D eigenvalue weighted by molar-refractivity contribution is -0.124. The van der Waals surface area contributed by atoms with Crippen LogP contribution in [0.5, 0.6) is 0 Å². The molecule has 1 aliphatic carbocycles. The van der Waals surface area contributed by atoms with Crippen LogP contribution in [0.3, 0.4) is 0 Å². The second-order valence-corrected chi connectivity index (χ2v) is 5.80. The zero-order valence-electron chi connectivity index (χ0n) is 12.5. The number of nitrogens with two attached hydrogens (primary N) is 1. The van der Waals surface area contributed by atoms with Crippen LogP contribution in [0, 0.1) is 5.92 Å². The van der Waals surface area contributed by atoms with Gasteiger partial charge in [-0.2, -0.15) is 0 Å². The normalized spacial score (nSPS) is 17.4. The predicted molar refractivity (Wildman–Crippen MR) is 83.6 cm³/mol. The Labute approximate surface area is 124 Å². The number of nitrogens with one attached hydrogen (secondary N) is 1. The van der Waals surface area contributed by atoms with Crippen molar-refractivity contribution in [3.05, 3.63) is 0 Å². The van der Waals surface area contributed by atoms with Gasteiger partial charge in [-0.25, -0.2) is 0 Å². The van der Waals surface area contributed by atoms with Gasteiger partial charge in [0.15, 0.2) is 0 Å². The van der Waals surface area contributed by atoms with Gasteiger partial charge in [-0.3, -0.25) is 4.79 Å². The summed E-state index contributed by atoms with van der Waals surface area (Å²) < 4.78 is 0. The molecule has 0 unspecified atom stereocenters. The van der Waals surface area contributed by atoms with E-state index in [1.54, 1.807) is 0 Å². The third-order valence-electron chi connectivity index (χ3n) is 4.60. The number of carbonyl (C=O) groups is 1. The average Bonchev–Trinajstić information content (AvgIpc) is 2.65. The first-order valence-corrected chi connectivity index (χ1v) is 7.67. The lowest BCUT2D eigenvalue weighted by Crippen LogP contribution is -2.53. The maximum absolute atomic E-state index is 12.1. The van der Waals surface area contributed by atoms with Gasteiger partial charge in [0.25, 0.3) is 0 Å². The van der Waals surface area contributed by atoms with E-state index in [9.17, 15) is 4.79 Å². The molecular weight excluding hydrogens is 260 g/mol. The maximum Gasteiger partial charge on any atom is 0.220 e. The molecule has 0 radical (unpaired) electrons. The highest BCUT2D eigenvalue weighted by Gasteiger charge is 2.27. The van der Waals surface area contributed by atoms with Crippen molar-refractivity contribution in [1.82, 2.24) is 5.32 Å². The van der Waals surface area contributed by atoms with E-state index >= 15 is 0 Å². The summed E-state index contributed by atoms with van der Waals surface area (Å²) in [6, 6.07) is 0. The van der Waals surface area contributed by atoms with E-state index in [0.29, 0.717) is 18.9 Å². The Morgan fingerprint density at radius 3 is 2.11 bits per heavy atom. The van der Waals surface area contributed by atoms with Crippen LogP contribution in [0.1, 0.15) is 71.6 Å². The lowest BCUT2D eigenvalue weighted by Gasteiger charge is -2.32. The Morgan fingerprint density at radius 2 is 1.68 bits per heavy atom. The van der Waals surface area contributed by atoms with E-state index in [0.717, 1.165) is 12.8 Å². The van der Waals surface area contributed by atoms with Crippen molar-refractivity contribution in [3.8, 4) is 0 Å². The first kappa shape index (κ1) is 18.7. The van der Waals surface area contributed by atoms with E-state index in [1.807, 2.05) is 0 Å². The Balaban J connectivity index is 0.00000324. The zero-order valence-corrected chi connectivity index (χ0v) is 13.4. The van der Waals surface area contributed by atoms with E-state index in [-0.39, 0.29) is 23.9 Å². The summed E-state index contributed by atoms with van der Waals surface area (Å²) in [5.74, 6) is 0.799. The van der Waals surface area contributed by atoms with Gasteiger partial charge >= 0.3 is 0 Å². The number of amides is 1. The molecule has 1 amide bonds. The van der Waals surface area contributed by atoms with Crippen LogP contribution in [0.4, 0.5) is 0 Å². The summed E-state index contributed by atoms with van der Waals surface area (Å²) in [6.07, 6.45) is 10.2. The van der Waals surface area contributed by atoms with Crippen molar-refractivity contribution < 1.29 is 4.79 Å². The van der Waals surface area contributed by atoms with Crippen molar-refractivity contribution in [2.75, 3.05) is 6.54 Å². The van der Waals surface area contributed by atoms with Crippen molar-refractivity contribution in [3.63, 3.8) is 0 Å². The molecule has 1 fully saturated rings. The summed E-state index contributed by atoms with van der Waals surface area (Å²) in [6.45, 7) is 4.74. The number of hydrogen-bond acceptors (Lipinski definition) is 2. The molecule has 1 aliphatic rings. The number of rotatable bonds is 6. The summed E-state index contributed by atoms with van der Waals surface area (Å²) in [4.78, 5) is 12.1. The molecule has 0 bridgehead atoms. The molecular formula is C15H31ClN2O. The molecule has 1 saturated carbocycles. The summed E-state index contributed by atoms with van der Waals surface area (Å²) >= 11 is 0. The van der Waals surface area contributed by atoms with E-state index < -0.39 is 0 Å². The quantitative estimate of drug-likeness (QED) is 0.737. The molecule has 0 aromatic rings. The smallest absolute Gasteiger partial charge is 0.220 e. The van der Waals surface area contributed by atoms with Crippen LogP contribution in [-0.2, 0) is 4.79 Å². The highest BCUT2D eigenvalue weighted by Crippen LogP contribution is 2.25. The molecule has 0 heterocycles. The second-order valence-electron chi connectivity index (χ2n) is 5.80. The molecule has 4 heteroatoms. The fourth-order valence-corrected chi connectivity index (χ4v) is 2.94. The molecule has 0 saturated heterocycles. The molecule has 3 N–H and O–H groups in total. The van der Waals surface area contributed by atoms with Crippen LogP contribution in [0.2, 0.25) is 0 Å². The van der Waals surface area contributed by atoms with E-state index in [4.69, 9.17) is 5.73 Å². The van der Waals surface area contributed by atoms with Crippen molar-refractivity contribution in [2.24, 2.45) is 11.7 Å². The Bertz CT molecular complexity index is 238. The minimum atomic E-state index is -0.179. The minimum Gasteiger partial charge on any atom is -0.349 e. The average molecular weight is 291 g/mol. The van der Waals surface area contributed by atoms with Crippen LogP contribution in [-0.4, -0.2) is 18.0 Å². The summed E-state index contributed by atoms with van der Waals surface area (Å²) in [5.41, 5.74) is 5.64. The van der Waals surface area contributed by atoms with Gasteiger partial charge in [0.05, 0.1) is 5.54 Å². The summed E-state index contributed by atoms with van der Waals surface area (Å²) in [5, 5.41) is 3.18. The third-order valence-corrected chi connectivity index (χ3v) is 4.60. The Morgan fingerprint density at radius 1 is 1.16 bits per heavy atom. The third kappa shape index (κ3) is 6.13. The standard InChI is InChI=1S/C15H30N2O.ClH/c1-3-15(4-2,12-16)17-14(18)11-13-9-7-5-6-8-10-13;/h13H,3-12,16H2,1-2H3,(H,17,18);1H. The van der Waals surface area contributed by atoms with Gasteiger partial charge in [-0.1, -0.05) is 39.5 Å². The van der Waals surface area contributed by atoms with Crippen molar-refractivity contribution in [2.45, 2.75) is 77.2 Å². The van der Waals surface area contributed by atoms with Crippen LogP contribution >= 0.6 is 12.4 Å². The van der Waals surface area contributed by atoms with Crippen molar-refractivity contribution in [1.29, 1.82) is 0 Å². The predicted octanol–water partition coefficient (Wildman–Crippen LogP) is 3.40. The van der Waals surface area contributed by atoms with Gasteiger partial charge in [0, 0.05) is 13.0 Å². The first-order chi connectivity index (χ1) is 8.65.